The highest BCUT2D eigenvalue weighted by Crippen LogP contribution is 2.45. The third kappa shape index (κ3) is 1.30. The van der Waals surface area contributed by atoms with Crippen LogP contribution in [0.3, 0.4) is 0 Å². The summed E-state index contributed by atoms with van der Waals surface area (Å²) >= 11 is 0. The third-order valence-electron chi connectivity index (χ3n) is 1.95. The van der Waals surface area contributed by atoms with Crippen molar-refractivity contribution >= 4 is 5.78 Å². The molecule has 0 N–H and O–H groups in total. The van der Waals surface area contributed by atoms with Crippen molar-refractivity contribution in [2.45, 2.75) is 19.8 Å². The lowest BCUT2D eigenvalue weighted by molar-refractivity contribution is -0.127. The van der Waals surface area contributed by atoms with E-state index in [1.165, 1.54) is 0 Å². The van der Waals surface area contributed by atoms with Crippen LogP contribution in [0.25, 0.3) is 0 Å². The maximum absolute atomic E-state index is 11.0. The molecule has 2 nitrogen and oxygen atoms in total. The van der Waals surface area contributed by atoms with Crippen LogP contribution in [0.5, 0.6) is 0 Å². The maximum atomic E-state index is 11.0. The van der Waals surface area contributed by atoms with Crippen molar-refractivity contribution < 1.29 is 9.53 Å². The Balaban J connectivity index is 2.34. The summed E-state index contributed by atoms with van der Waals surface area (Å²) in [6.45, 7) is 2.28. The Morgan fingerprint density at radius 2 is 2.22 bits per heavy atom. The topological polar surface area (TPSA) is 26.3 Å². The number of hydrogen-bond donors (Lipinski definition) is 0. The van der Waals surface area contributed by atoms with Crippen LogP contribution in [0.2, 0.25) is 0 Å². The number of ether oxygens (including phenoxy) is 1. The van der Waals surface area contributed by atoms with Gasteiger partial charge in [-0.15, -0.1) is 0 Å². The van der Waals surface area contributed by atoms with Crippen LogP contribution < -0.4 is 0 Å². The van der Waals surface area contributed by atoms with Crippen LogP contribution in [0.1, 0.15) is 19.8 Å². The number of carbonyl (C=O) groups excluding carboxylic acids is 1. The summed E-state index contributed by atoms with van der Waals surface area (Å²) in [5.41, 5.74) is -0.00396. The van der Waals surface area contributed by atoms with E-state index in [4.69, 9.17) is 4.74 Å². The molecule has 0 amide bonds. The van der Waals surface area contributed by atoms with Gasteiger partial charge in [0.15, 0.2) is 5.78 Å². The Labute approximate surface area is 55.2 Å². The number of methoxy groups -OCH3 is 1. The summed E-state index contributed by atoms with van der Waals surface area (Å²) in [5.74, 6) is 0.255. The molecule has 1 fully saturated rings. The van der Waals surface area contributed by atoms with Crippen LogP contribution in [0, 0.1) is 5.41 Å². The van der Waals surface area contributed by atoms with Crippen LogP contribution in [-0.2, 0) is 9.53 Å². The molecule has 52 valence electrons. The second-order valence-corrected chi connectivity index (χ2v) is 2.92. The smallest absolute Gasteiger partial charge is 0.164 e. The summed E-state index contributed by atoms with van der Waals surface area (Å²) in [5, 5.41) is 0. The summed E-state index contributed by atoms with van der Waals surface area (Å²) in [6, 6.07) is 0. The molecule has 0 heterocycles. The molecule has 0 aromatic rings. The van der Waals surface area contributed by atoms with E-state index in [-0.39, 0.29) is 17.8 Å². The molecule has 0 aromatic carbocycles. The van der Waals surface area contributed by atoms with Crippen molar-refractivity contribution in [2.75, 3.05) is 13.7 Å². The van der Waals surface area contributed by atoms with Gasteiger partial charge >= 0.3 is 0 Å². The zero-order valence-corrected chi connectivity index (χ0v) is 5.94. The molecular weight excluding hydrogens is 116 g/mol. The van der Waals surface area contributed by atoms with Crippen molar-refractivity contribution in [3.05, 3.63) is 0 Å². The van der Waals surface area contributed by atoms with Gasteiger partial charge in [-0.05, 0) is 12.8 Å². The third-order valence-corrected chi connectivity index (χ3v) is 1.95. The predicted octanol–water partition coefficient (Wildman–Crippen LogP) is 1.00. The fourth-order valence-electron chi connectivity index (χ4n) is 0.772. The minimum atomic E-state index is -0.00396. The summed E-state index contributed by atoms with van der Waals surface area (Å²) in [6.07, 6.45) is 2.10. The van der Waals surface area contributed by atoms with E-state index in [1.807, 2.05) is 6.92 Å². The molecule has 0 spiro atoms. The highest BCUT2D eigenvalue weighted by molar-refractivity contribution is 5.87. The van der Waals surface area contributed by atoms with Gasteiger partial charge in [-0.3, -0.25) is 4.79 Å². The second-order valence-electron chi connectivity index (χ2n) is 2.92. The highest BCUT2D eigenvalue weighted by atomic mass is 16.5. The standard InChI is InChI=1S/C7H12O2/c1-7(3-4-7)6(8)5-9-2/h3-5H2,1-2H3. The van der Waals surface area contributed by atoms with Crippen LogP contribution in [0.4, 0.5) is 0 Å². The van der Waals surface area contributed by atoms with Gasteiger partial charge < -0.3 is 4.74 Å². The quantitative estimate of drug-likeness (QED) is 0.566. The Morgan fingerprint density at radius 1 is 1.67 bits per heavy atom. The van der Waals surface area contributed by atoms with Crippen molar-refractivity contribution in [1.29, 1.82) is 0 Å². The number of Topliss-reactive ketones (excluding diaryl/α,β-unsaturated/α-hetero) is 1. The molecule has 0 aliphatic heterocycles. The molecule has 1 saturated carbocycles. The SMILES string of the molecule is COCC(=O)C1(C)CC1. The molecule has 1 rings (SSSR count). The van der Waals surface area contributed by atoms with E-state index in [0.29, 0.717) is 0 Å². The first kappa shape index (κ1) is 6.75. The Morgan fingerprint density at radius 3 is 2.56 bits per heavy atom. The lowest BCUT2D eigenvalue weighted by Gasteiger charge is -2.03. The molecule has 0 unspecified atom stereocenters. The van der Waals surface area contributed by atoms with E-state index in [1.54, 1.807) is 7.11 Å². The monoisotopic (exact) mass is 128 g/mol. The molecule has 0 bridgehead atoms. The lowest BCUT2D eigenvalue weighted by Crippen LogP contribution is -2.16. The molecular formula is C7H12O2. The number of rotatable bonds is 3. The van der Waals surface area contributed by atoms with Crippen LogP contribution >= 0.6 is 0 Å². The van der Waals surface area contributed by atoms with Crippen LogP contribution in [-0.4, -0.2) is 19.5 Å². The minimum Gasteiger partial charge on any atom is -0.377 e. The lowest BCUT2D eigenvalue weighted by atomic mass is 10.1. The van der Waals surface area contributed by atoms with Gasteiger partial charge in [0.25, 0.3) is 0 Å². The molecule has 1 aliphatic rings. The average Bonchev–Trinajstić information content (AvgIpc) is 2.50. The van der Waals surface area contributed by atoms with Gasteiger partial charge in [0.05, 0.1) is 0 Å². The fraction of sp³-hybridized carbons (Fsp3) is 0.857. The first-order chi connectivity index (χ1) is 4.19. The van der Waals surface area contributed by atoms with E-state index >= 15 is 0 Å². The second kappa shape index (κ2) is 2.10. The predicted molar refractivity (Wildman–Crippen MR) is 34.2 cm³/mol. The van der Waals surface area contributed by atoms with Crippen molar-refractivity contribution in [1.82, 2.24) is 0 Å². The number of hydrogen-bond acceptors (Lipinski definition) is 2. The Hall–Kier alpha value is -0.370. The zero-order valence-electron chi connectivity index (χ0n) is 5.94. The highest BCUT2D eigenvalue weighted by Gasteiger charge is 2.43. The zero-order chi connectivity index (χ0) is 6.91. The fourth-order valence-corrected chi connectivity index (χ4v) is 0.772. The number of carbonyl (C=O) groups is 1. The number of ketones is 1. The first-order valence-corrected chi connectivity index (χ1v) is 3.21. The van der Waals surface area contributed by atoms with Gasteiger partial charge in [0, 0.05) is 12.5 Å². The average molecular weight is 128 g/mol. The van der Waals surface area contributed by atoms with Gasteiger partial charge in [0.2, 0.25) is 0 Å². The van der Waals surface area contributed by atoms with Gasteiger partial charge in [-0.2, -0.15) is 0 Å². The molecule has 1 aliphatic carbocycles. The molecule has 0 radical (unpaired) electrons. The van der Waals surface area contributed by atoms with Gasteiger partial charge in [-0.1, -0.05) is 6.92 Å². The van der Waals surface area contributed by atoms with Crippen molar-refractivity contribution in [3.63, 3.8) is 0 Å². The molecule has 2 heteroatoms. The molecule has 9 heavy (non-hydrogen) atoms. The first-order valence-electron chi connectivity index (χ1n) is 3.21. The van der Waals surface area contributed by atoms with Gasteiger partial charge in [-0.25, -0.2) is 0 Å². The molecule has 0 atom stereocenters. The van der Waals surface area contributed by atoms with E-state index < -0.39 is 0 Å². The van der Waals surface area contributed by atoms with E-state index in [0.717, 1.165) is 12.8 Å². The normalized spacial score (nSPS) is 21.6. The van der Waals surface area contributed by atoms with Crippen molar-refractivity contribution in [2.24, 2.45) is 5.41 Å². The maximum Gasteiger partial charge on any atom is 0.164 e. The molecule has 0 saturated heterocycles. The summed E-state index contributed by atoms with van der Waals surface area (Å²) < 4.78 is 4.72. The Kier molecular flexibility index (Phi) is 1.58. The summed E-state index contributed by atoms with van der Waals surface area (Å²) in [7, 11) is 1.56. The van der Waals surface area contributed by atoms with Crippen molar-refractivity contribution in [3.8, 4) is 0 Å². The van der Waals surface area contributed by atoms with E-state index in [9.17, 15) is 4.79 Å². The Bertz CT molecular complexity index is 125. The van der Waals surface area contributed by atoms with Gasteiger partial charge in [0.1, 0.15) is 6.61 Å². The van der Waals surface area contributed by atoms with Crippen LogP contribution in [0.15, 0.2) is 0 Å². The summed E-state index contributed by atoms with van der Waals surface area (Å²) in [4.78, 5) is 11.0. The molecule has 0 aromatic heterocycles. The van der Waals surface area contributed by atoms with E-state index in [2.05, 4.69) is 0 Å². The minimum absolute atomic E-state index is 0.00396. The largest absolute Gasteiger partial charge is 0.377 e.